The van der Waals surface area contributed by atoms with Crippen LogP contribution in [-0.4, -0.2) is 48.5 Å². The van der Waals surface area contributed by atoms with Gasteiger partial charge in [0.05, 0.1) is 11.3 Å². The summed E-state index contributed by atoms with van der Waals surface area (Å²) in [6.45, 7) is 0.629. The van der Waals surface area contributed by atoms with Gasteiger partial charge in [-0.3, -0.25) is 4.79 Å². The minimum atomic E-state index is -3.18. The van der Waals surface area contributed by atoms with E-state index in [9.17, 15) is 18.0 Å². The van der Waals surface area contributed by atoms with Crippen LogP contribution >= 0.6 is 0 Å². The van der Waals surface area contributed by atoms with Crippen LogP contribution in [0.5, 0.6) is 0 Å². The van der Waals surface area contributed by atoms with Crippen molar-refractivity contribution in [3.63, 3.8) is 0 Å². The van der Waals surface area contributed by atoms with Crippen LogP contribution in [0.2, 0.25) is 0 Å². The molecule has 0 aliphatic carbocycles. The lowest BCUT2D eigenvalue weighted by atomic mass is 10.2. The van der Waals surface area contributed by atoms with Crippen LogP contribution in [0.15, 0.2) is 24.3 Å². The third-order valence-electron chi connectivity index (χ3n) is 3.21. The number of amides is 1. The summed E-state index contributed by atoms with van der Waals surface area (Å²) in [7, 11) is -3.18. The van der Waals surface area contributed by atoms with Gasteiger partial charge in [-0.15, -0.1) is 0 Å². The Hall–Kier alpha value is -1.93. The lowest BCUT2D eigenvalue weighted by molar-refractivity contribution is -0.116. The molecule has 0 atom stereocenters. The van der Waals surface area contributed by atoms with E-state index in [2.05, 4.69) is 5.32 Å². The Kier molecular flexibility index (Phi) is 4.59. The first-order valence-corrected chi connectivity index (χ1v) is 8.10. The Labute approximate surface area is 122 Å². The molecule has 2 rings (SSSR count). The van der Waals surface area contributed by atoms with Crippen molar-refractivity contribution in [3.05, 3.63) is 29.8 Å². The summed E-state index contributed by atoms with van der Waals surface area (Å²) < 4.78 is 24.5. The number of rotatable bonds is 5. The Morgan fingerprint density at radius 3 is 2.43 bits per heavy atom. The average molecular weight is 312 g/mol. The van der Waals surface area contributed by atoms with E-state index in [1.165, 1.54) is 28.6 Å². The molecule has 0 saturated carbocycles. The van der Waals surface area contributed by atoms with Gasteiger partial charge in [0, 0.05) is 25.2 Å². The molecule has 0 unspecified atom stereocenters. The van der Waals surface area contributed by atoms with Crippen molar-refractivity contribution >= 4 is 27.6 Å². The van der Waals surface area contributed by atoms with Crippen molar-refractivity contribution in [2.75, 3.05) is 24.2 Å². The molecule has 1 heterocycles. The minimum absolute atomic E-state index is 0.0694. The number of anilines is 1. The highest BCUT2D eigenvalue weighted by atomic mass is 32.2. The van der Waals surface area contributed by atoms with Gasteiger partial charge in [-0.05, 0) is 30.7 Å². The van der Waals surface area contributed by atoms with Gasteiger partial charge in [0.2, 0.25) is 15.9 Å². The lowest BCUT2D eigenvalue weighted by Gasteiger charge is -2.13. The molecule has 0 radical (unpaired) electrons. The number of hydrogen-bond acceptors (Lipinski definition) is 4. The van der Waals surface area contributed by atoms with Crippen molar-refractivity contribution in [2.45, 2.75) is 12.8 Å². The molecule has 1 aliphatic heterocycles. The molecule has 21 heavy (non-hydrogen) atoms. The number of carboxylic acid groups (broad SMARTS) is 1. The fourth-order valence-electron chi connectivity index (χ4n) is 2.09. The largest absolute Gasteiger partial charge is 0.478 e. The maximum Gasteiger partial charge on any atom is 0.335 e. The molecule has 7 nitrogen and oxygen atoms in total. The minimum Gasteiger partial charge on any atom is -0.478 e. The molecule has 1 saturated heterocycles. The predicted molar refractivity (Wildman–Crippen MR) is 76.6 cm³/mol. The van der Waals surface area contributed by atoms with Gasteiger partial charge in [0.15, 0.2) is 0 Å². The summed E-state index contributed by atoms with van der Waals surface area (Å²) in [5.41, 5.74) is 0.616. The summed E-state index contributed by atoms with van der Waals surface area (Å²) in [6, 6.07) is 5.77. The summed E-state index contributed by atoms with van der Waals surface area (Å²) in [6.07, 6.45) is 0.667. The molecular formula is C13H16N2O5S. The first-order valence-electron chi connectivity index (χ1n) is 6.49. The summed E-state index contributed by atoms with van der Waals surface area (Å²) in [5.74, 6) is -1.20. The summed E-state index contributed by atoms with van der Waals surface area (Å²) >= 11 is 0. The van der Waals surface area contributed by atoms with Gasteiger partial charge in [-0.25, -0.2) is 17.5 Å². The molecule has 0 spiro atoms. The second-order valence-corrected chi connectivity index (χ2v) is 6.84. The number of carboxylic acids is 1. The van der Waals surface area contributed by atoms with E-state index in [0.29, 0.717) is 18.7 Å². The van der Waals surface area contributed by atoms with Gasteiger partial charge in [-0.2, -0.15) is 0 Å². The van der Waals surface area contributed by atoms with E-state index >= 15 is 0 Å². The van der Waals surface area contributed by atoms with E-state index in [-0.39, 0.29) is 30.2 Å². The number of nitrogens with zero attached hydrogens (tertiary/aromatic N) is 1. The zero-order valence-corrected chi connectivity index (χ0v) is 12.1. The molecule has 2 N–H and O–H groups in total. The average Bonchev–Trinajstić information content (AvgIpc) is 2.76. The van der Waals surface area contributed by atoms with Crippen molar-refractivity contribution in [1.82, 2.24) is 4.31 Å². The number of carbonyl (C=O) groups is 2. The van der Waals surface area contributed by atoms with E-state index in [1.54, 1.807) is 0 Å². The van der Waals surface area contributed by atoms with Crippen molar-refractivity contribution in [1.29, 1.82) is 0 Å². The first kappa shape index (κ1) is 15.5. The van der Waals surface area contributed by atoms with E-state index in [4.69, 9.17) is 5.11 Å². The molecule has 114 valence electrons. The highest BCUT2D eigenvalue weighted by molar-refractivity contribution is 7.89. The number of hydrogen-bond donors (Lipinski definition) is 2. The number of benzene rings is 1. The third-order valence-corrected chi connectivity index (χ3v) is 5.16. The van der Waals surface area contributed by atoms with Crippen LogP contribution < -0.4 is 5.32 Å². The van der Waals surface area contributed by atoms with E-state index in [0.717, 1.165) is 0 Å². The molecule has 8 heteroatoms. The van der Waals surface area contributed by atoms with Crippen molar-refractivity contribution < 1.29 is 23.1 Å². The Balaban J connectivity index is 1.86. The molecule has 1 aromatic carbocycles. The van der Waals surface area contributed by atoms with Crippen molar-refractivity contribution in [3.8, 4) is 0 Å². The van der Waals surface area contributed by atoms with Crippen LogP contribution in [0, 0.1) is 0 Å². The van der Waals surface area contributed by atoms with Gasteiger partial charge in [0.1, 0.15) is 0 Å². The SMILES string of the molecule is O=C(CCN1CCCS1(=O)=O)Nc1ccc(C(=O)O)cc1. The highest BCUT2D eigenvalue weighted by Crippen LogP contribution is 2.14. The number of aromatic carboxylic acids is 1. The number of carbonyl (C=O) groups excluding carboxylic acids is 1. The third kappa shape index (κ3) is 4.02. The van der Waals surface area contributed by atoms with Gasteiger partial charge < -0.3 is 10.4 Å². The standard InChI is InChI=1S/C13H16N2O5S/c16-12(6-8-15-7-1-9-21(15,19)20)14-11-4-2-10(3-5-11)13(17)18/h2-5H,1,6-9H2,(H,14,16)(H,17,18). The fraction of sp³-hybridized carbons (Fsp3) is 0.385. The molecular weight excluding hydrogens is 296 g/mol. The second-order valence-electron chi connectivity index (χ2n) is 4.75. The van der Waals surface area contributed by atoms with Crippen LogP contribution in [0.1, 0.15) is 23.2 Å². The van der Waals surface area contributed by atoms with Crippen molar-refractivity contribution in [2.24, 2.45) is 0 Å². The van der Waals surface area contributed by atoms with Gasteiger partial charge in [-0.1, -0.05) is 0 Å². The molecule has 1 amide bonds. The Bertz CT molecular complexity index is 639. The maximum absolute atomic E-state index is 11.8. The molecule has 1 fully saturated rings. The molecule has 1 aliphatic rings. The van der Waals surface area contributed by atoms with Crippen LogP contribution in [-0.2, 0) is 14.8 Å². The monoisotopic (exact) mass is 312 g/mol. The predicted octanol–water partition coefficient (Wildman–Crippen LogP) is 0.749. The number of sulfonamides is 1. The van der Waals surface area contributed by atoms with Crippen LogP contribution in [0.25, 0.3) is 0 Å². The quantitative estimate of drug-likeness (QED) is 0.835. The summed E-state index contributed by atoms with van der Waals surface area (Å²) in [4.78, 5) is 22.4. The van der Waals surface area contributed by atoms with E-state index in [1.807, 2.05) is 0 Å². The topological polar surface area (TPSA) is 104 Å². The van der Waals surface area contributed by atoms with E-state index < -0.39 is 16.0 Å². The number of nitrogens with one attached hydrogen (secondary N) is 1. The van der Waals surface area contributed by atoms with Gasteiger partial charge >= 0.3 is 5.97 Å². The second kappa shape index (κ2) is 6.23. The highest BCUT2D eigenvalue weighted by Gasteiger charge is 2.28. The molecule has 1 aromatic rings. The maximum atomic E-state index is 11.8. The Morgan fingerprint density at radius 2 is 1.90 bits per heavy atom. The summed E-state index contributed by atoms with van der Waals surface area (Å²) in [5, 5.41) is 11.4. The Morgan fingerprint density at radius 1 is 1.24 bits per heavy atom. The zero-order valence-electron chi connectivity index (χ0n) is 11.3. The zero-order chi connectivity index (χ0) is 15.5. The van der Waals surface area contributed by atoms with Crippen LogP contribution in [0.4, 0.5) is 5.69 Å². The molecule has 0 aromatic heterocycles. The van der Waals surface area contributed by atoms with Gasteiger partial charge in [0.25, 0.3) is 0 Å². The lowest BCUT2D eigenvalue weighted by Crippen LogP contribution is -2.29. The molecule has 0 bridgehead atoms. The normalized spacial score (nSPS) is 17.5. The first-order chi connectivity index (χ1) is 9.88. The van der Waals surface area contributed by atoms with Crippen LogP contribution in [0.3, 0.4) is 0 Å². The smallest absolute Gasteiger partial charge is 0.335 e. The fourth-order valence-corrected chi connectivity index (χ4v) is 3.62.